The molecule has 0 radical (unpaired) electrons. The van der Waals surface area contributed by atoms with Crippen LogP contribution in [0.3, 0.4) is 0 Å². The van der Waals surface area contributed by atoms with Gasteiger partial charge in [-0.1, -0.05) is 24.6 Å². The number of nitrogens with one attached hydrogen (secondary N) is 1. The smallest absolute Gasteiger partial charge is 0.0460 e. The Hall–Kier alpha value is -0.770. The van der Waals surface area contributed by atoms with Gasteiger partial charge in [-0.2, -0.15) is 0 Å². The number of rotatable bonds is 5. The molecule has 1 aromatic rings. The van der Waals surface area contributed by atoms with Crippen LogP contribution in [0, 0.1) is 5.92 Å². The second kappa shape index (κ2) is 7.13. The molecule has 0 saturated carbocycles. The lowest BCUT2D eigenvalue weighted by molar-refractivity contribution is 0.203. The summed E-state index contributed by atoms with van der Waals surface area (Å²) in [5.41, 5.74) is 2.54. The van der Waals surface area contributed by atoms with Crippen LogP contribution in [0.5, 0.6) is 0 Å². The van der Waals surface area contributed by atoms with E-state index in [9.17, 15) is 5.11 Å². The summed E-state index contributed by atoms with van der Waals surface area (Å²) >= 11 is 6.14. The van der Waals surface area contributed by atoms with Crippen molar-refractivity contribution in [2.75, 3.05) is 31.1 Å². The number of piperidine rings is 1. The third-order valence-electron chi connectivity index (χ3n) is 3.83. The molecule has 2 rings (SSSR count). The zero-order chi connectivity index (χ0) is 13.7. The van der Waals surface area contributed by atoms with E-state index in [-0.39, 0.29) is 0 Å². The maximum Gasteiger partial charge on any atom is 0.0460 e. The maximum atomic E-state index is 9.21. The molecule has 1 saturated heterocycles. The Kier molecular flexibility index (Phi) is 5.49. The van der Waals surface area contributed by atoms with Crippen molar-refractivity contribution in [3.8, 4) is 0 Å². The highest BCUT2D eigenvalue weighted by atomic mass is 35.5. The van der Waals surface area contributed by atoms with Crippen molar-refractivity contribution < 1.29 is 5.11 Å². The van der Waals surface area contributed by atoms with Crippen LogP contribution < -0.4 is 10.2 Å². The van der Waals surface area contributed by atoms with Gasteiger partial charge < -0.3 is 15.3 Å². The van der Waals surface area contributed by atoms with Crippen LogP contribution in [0.25, 0.3) is 0 Å². The zero-order valence-corrected chi connectivity index (χ0v) is 12.3. The maximum absolute atomic E-state index is 9.21. The summed E-state index contributed by atoms with van der Waals surface area (Å²) in [6.07, 6.45) is 2.12. The summed E-state index contributed by atoms with van der Waals surface area (Å²) in [4.78, 5) is 2.39. The molecule has 0 bridgehead atoms. The molecule has 0 spiro atoms. The Bertz CT molecular complexity index is 403. The van der Waals surface area contributed by atoms with Crippen molar-refractivity contribution in [3.63, 3.8) is 0 Å². The highest BCUT2D eigenvalue weighted by Crippen LogP contribution is 2.29. The van der Waals surface area contributed by atoms with Gasteiger partial charge >= 0.3 is 0 Å². The van der Waals surface area contributed by atoms with E-state index >= 15 is 0 Å². The fourth-order valence-electron chi connectivity index (χ4n) is 2.60. The van der Waals surface area contributed by atoms with Crippen molar-refractivity contribution in [1.82, 2.24) is 5.32 Å². The molecule has 1 fully saturated rings. The highest BCUT2D eigenvalue weighted by molar-refractivity contribution is 6.30. The molecule has 0 aliphatic carbocycles. The van der Waals surface area contributed by atoms with E-state index in [4.69, 9.17) is 11.6 Å². The minimum Gasteiger partial charge on any atom is -0.396 e. The van der Waals surface area contributed by atoms with E-state index in [0.29, 0.717) is 12.5 Å². The van der Waals surface area contributed by atoms with Crippen LogP contribution in [0.1, 0.15) is 25.3 Å². The number of anilines is 1. The molecule has 3 nitrogen and oxygen atoms in total. The summed E-state index contributed by atoms with van der Waals surface area (Å²) in [6.45, 7) is 6.28. The second-order valence-corrected chi connectivity index (χ2v) is 5.60. The molecular formula is C15H23ClN2O. The molecule has 1 aliphatic heterocycles. The number of benzene rings is 1. The van der Waals surface area contributed by atoms with Gasteiger partial charge in [0.25, 0.3) is 0 Å². The predicted molar refractivity (Wildman–Crippen MR) is 80.9 cm³/mol. The standard InChI is InChI=1S/C15H23ClN2O/c1-2-17-10-13-3-4-14(16)9-15(13)18-7-5-12(11-19)6-8-18/h3-4,9,12,17,19H,2,5-8,10-11H2,1H3. The summed E-state index contributed by atoms with van der Waals surface area (Å²) in [6, 6.07) is 6.13. The molecule has 0 atom stereocenters. The van der Waals surface area contributed by atoms with E-state index in [1.807, 2.05) is 6.07 Å². The highest BCUT2D eigenvalue weighted by Gasteiger charge is 2.20. The molecule has 0 aromatic heterocycles. The first-order valence-corrected chi connectivity index (χ1v) is 7.47. The Balaban J connectivity index is 2.11. The topological polar surface area (TPSA) is 35.5 Å². The van der Waals surface area contributed by atoms with Crippen molar-refractivity contribution in [3.05, 3.63) is 28.8 Å². The first-order valence-electron chi connectivity index (χ1n) is 7.09. The van der Waals surface area contributed by atoms with Gasteiger partial charge in [-0.05, 0) is 43.0 Å². The largest absolute Gasteiger partial charge is 0.396 e. The van der Waals surface area contributed by atoms with Gasteiger partial charge in [0.05, 0.1) is 0 Å². The Labute approximate surface area is 120 Å². The van der Waals surface area contributed by atoms with E-state index in [2.05, 4.69) is 29.3 Å². The van der Waals surface area contributed by atoms with Gasteiger partial charge in [-0.25, -0.2) is 0 Å². The summed E-state index contributed by atoms with van der Waals surface area (Å²) in [7, 11) is 0. The molecule has 1 aliphatic rings. The first kappa shape index (κ1) is 14.6. The second-order valence-electron chi connectivity index (χ2n) is 5.17. The average Bonchev–Trinajstić information content (AvgIpc) is 2.46. The van der Waals surface area contributed by atoms with E-state index in [0.717, 1.165) is 44.0 Å². The first-order chi connectivity index (χ1) is 9.24. The lowest BCUT2D eigenvalue weighted by Gasteiger charge is -2.34. The lowest BCUT2D eigenvalue weighted by atomic mass is 9.97. The Morgan fingerprint density at radius 2 is 2.11 bits per heavy atom. The van der Waals surface area contributed by atoms with E-state index in [1.54, 1.807) is 0 Å². The van der Waals surface area contributed by atoms with E-state index in [1.165, 1.54) is 11.3 Å². The van der Waals surface area contributed by atoms with Gasteiger partial charge in [0.1, 0.15) is 0 Å². The van der Waals surface area contributed by atoms with E-state index < -0.39 is 0 Å². The number of nitrogens with zero attached hydrogens (tertiary/aromatic N) is 1. The van der Waals surface area contributed by atoms with Crippen molar-refractivity contribution in [1.29, 1.82) is 0 Å². The quantitative estimate of drug-likeness (QED) is 0.872. The van der Waals surface area contributed by atoms with Crippen LogP contribution in [-0.4, -0.2) is 31.3 Å². The van der Waals surface area contributed by atoms with Gasteiger partial charge in [0, 0.05) is 37.0 Å². The average molecular weight is 283 g/mol. The van der Waals surface area contributed by atoms with Crippen molar-refractivity contribution in [2.45, 2.75) is 26.3 Å². The van der Waals surface area contributed by atoms with Crippen LogP contribution in [0.4, 0.5) is 5.69 Å². The fraction of sp³-hybridized carbons (Fsp3) is 0.600. The van der Waals surface area contributed by atoms with Gasteiger partial charge in [-0.15, -0.1) is 0 Å². The Morgan fingerprint density at radius 1 is 1.37 bits per heavy atom. The lowest BCUT2D eigenvalue weighted by Crippen LogP contribution is -2.35. The molecular weight excluding hydrogens is 260 g/mol. The SMILES string of the molecule is CCNCc1ccc(Cl)cc1N1CCC(CO)CC1. The fourth-order valence-corrected chi connectivity index (χ4v) is 2.76. The molecule has 0 unspecified atom stereocenters. The van der Waals surface area contributed by atoms with Gasteiger partial charge in [0.2, 0.25) is 0 Å². The van der Waals surface area contributed by atoms with Crippen LogP contribution >= 0.6 is 11.6 Å². The summed E-state index contributed by atoms with van der Waals surface area (Å²) in [5, 5.41) is 13.4. The summed E-state index contributed by atoms with van der Waals surface area (Å²) in [5.74, 6) is 0.465. The number of halogens is 1. The number of aliphatic hydroxyl groups is 1. The van der Waals surface area contributed by atoms with Crippen LogP contribution in [0.2, 0.25) is 5.02 Å². The van der Waals surface area contributed by atoms with Crippen LogP contribution in [0.15, 0.2) is 18.2 Å². The minimum absolute atomic E-state index is 0.313. The van der Waals surface area contributed by atoms with Crippen LogP contribution in [-0.2, 0) is 6.54 Å². The molecule has 106 valence electrons. The number of hydrogen-bond donors (Lipinski definition) is 2. The molecule has 1 heterocycles. The van der Waals surface area contributed by atoms with Gasteiger partial charge in [-0.3, -0.25) is 0 Å². The normalized spacial score (nSPS) is 16.9. The molecule has 0 amide bonds. The zero-order valence-electron chi connectivity index (χ0n) is 11.5. The number of aliphatic hydroxyl groups excluding tert-OH is 1. The third kappa shape index (κ3) is 3.85. The molecule has 4 heteroatoms. The van der Waals surface area contributed by atoms with Crippen molar-refractivity contribution in [2.24, 2.45) is 5.92 Å². The summed E-state index contributed by atoms with van der Waals surface area (Å²) < 4.78 is 0. The Morgan fingerprint density at radius 3 is 2.74 bits per heavy atom. The monoisotopic (exact) mass is 282 g/mol. The van der Waals surface area contributed by atoms with Gasteiger partial charge in [0.15, 0.2) is 0 Å². The van der Waals surface area contributed by atoms with Crippen molar-refractivity contribution >= 4 is 17.3 Å². The molecule has 19 heavy (non-hydrogen) atoms. The molecule has 1 aromatic carbocycles. The third-order valence-corrected chi connectivity index (χ3v) is 4.06. The molecule has 2 N–H and O–H groups in total. The minimum atomic E-state index is 0.313. The number of hydrogen-bond acceptors (Lipinski definition) is 3. The predicted octanol–water partition coefficient (Wildman–Crippen LogP) is 2.66.